The number of para-hydroxylation sites is 1. The average molecular weight is 582 g/mol. The van der Waals surface area contributed by atoms with E-state index in [1.165, 1.54) is 24.0 Å². The van der Waals surface area contributed by atoms with E-state index in [0.29, 0.717) is 23.7 Å². The van der Waals surface area contributed by atoms with Crippen LogP contribution in [-0.2, 0) is 15.0 Å². The van der Waals surface area contributed by atoms with Crippen LogP contribution in [0.25, 0.3) is 0 Å². The van der Waals surface area contributed by atoms with Crippen LogP contribution >= 0.6 is 0 Å². The molecule has 42 heavy (non-hydrogen) atoms. The van der Waals surface area contributed by atoms with Gasteiger partial charge < -0.3 is 35.0 Å². The third-order valence-electron chi connectivity index (χ3n) is 7.20. The molecule has 0 aromatic heterocycles. The Hall–Kier alpha value is -4.68. The number of carboxylic acids is 2. The Balaban J connectivity index is 1.77. The number of rotatable bonds is 14. The van der Waals surface area contributed by atoms with Crippen molar-refractivity contribution in [3.63, 3.8) is 0 Å². The van der Waals surface area contributed by atoms with Gasteiger partial charge in [0.15, 0.2) is 0 Å². The molecule has 2 aromatic rings. The molecule has 0 spiro atoms. The molecule has 0 saturated carbocycles. The van der Waals surface area contributed by atoms with Gasteiger partial charge in [-0.05, 0) is 39.0 Å². The fourth-order valence-electron chi connectivity index (χ4n) is 4.98. The largest absolute Gasteiger partial charge is 0.491 e. The highest BCUT2D eigenvalue weighted by Gasteiger charge is 2.50. The van der Waals surface area contributed by atoms with Crippen molar-refractivity contribution in [2.24, 2.45) is 0 Å². The summed E-state index contributed by atoms with van der Waals surface area (Å²) in [7, 11) is 1.56. The molecule has 0 aliphatic carbocycles. The molecule has 224 valence electrons. The first-order chi connectivity index (χ1) is 19.9. The van der Waals surface area contributed by atoms with E-state index in [9.17, 15) is 35.0 Å². The molecule has 1 unspecified atom stereocenters. The Bertz CT molecular complexity index is 1380. The lowest BCUT2D eigenvalue weighted by molar-refractivity contribution is -0.385. The van der Waals surface area contributed by atoms with Crippen molar-refractivity contribution in [2.45, 2.75) is 32.3 Å². The Morgan fingerprint density at radius 3 is 2.24 bits per heavy atom. The number of aliphatic hydroxyl groups excluding tert-OH is 1. The molecule has 4 N–H and O–H groups in total. The van der Waals surface area contributed by atoms with Gasteiger partial charge in [-0.1, -0.05) is 30.4 Å². The van der Waals surface area contributed by atoms with Crippen LogP contribution < -0.4 is 14.8 Å². The van der Waals surface area contributed by atoms with Gasteiger partial charge >= 0.3 is 11.9 Å². The highest BCUT2D eigenvalue weighted by Crippen LogP contribution is 2.50. The quantitative estimate of drug-likeness (QED) is 0.111. The second kappa shape index (κ2) is 13.8. The first-order valence-electron chi connectivity index (χ1n) is 13.2. The number of nitro groups is 1. The number of nitro benzene ring substituents is 1. The summed E-state index contributed by atoms with van der Waals surface area (Å²) in [6.07, 6.45) is 2.71. The average Bonchev–Trinajstić information content (AvgIpc) is 2.94. The fourth-order valence-corrected chi connectivity index (χ4v) is 4.98. The third-order valence-corrected chi connectivity index (χ3v) is 7.20. The minimum atomic E-state index is -1.77. The molecule has 1 aliphatic rings. The zero-order valence-corrected chi connectivity index (χ0v) is 23.9. The normalized spacial score (nSPS) is 15.6. The van der Waals surface area contributed by atoms with Crippen molar-refractivity contribution in [2.75, 3.05) is 33.4 Å². The van der Waals surface area contributed by atoms with E-state index in [1.54, 1.807) is 45.2 Å². The number of aliphatic carboxylic acids is 2. The van der Waals surface area contributed by atoms with E-state index < -0.39 is 28.4 Å². The fraction of sp³-hybridized carbons (Fsp3) is 0.333. The van der Waals surface area contributed by atoms with Gasteiger partial charge in [-0.25, -0.2) is 9.59 Å². The zero-order valence-electron chi connectivity index (χ0n) is 23.9. The first-order valence-corrected chi connectivity index (χ1v) is 13.2. The number of carbonyl (C=O) groups is 2. The Labute approximate surface area is 243 Å². The maximum atomic E-state index is 12.5. The molecule has 2 aromatic carbocycles. The molecule has 0 radical (unpaired) electrons. The second-order valence-electron chi connectivity index (χ2n) is 9.87. The maximum Gasteiger partial charge on any atom is 0.334 e. The van der Waals surface area contributed by atoms with Crippen LogP contribution in [0.5, 0.6) is 11.5 Å². The number of ether oxygens (including phenoxy) is 2. The van der Waals surface area contributed by atoms with Gasteiger partial charge in [0.1, 0.15) is 30.8 Å². The van der Waals surface area contributed by atoms with Crippen LogP contribution in [0.2, 0.25) is 0 Å². The zero-order chi connectivity index (χ0) is 31.0. The lowest BCUT2D eigenvalue weighted by Gasteiger charge is -2.41. The monoisotopic (exact) mass is 581 g/mol. The molecule has 1 atom stereocenters. The Morgan fingerprint density at radius 2 is 1.67 bits per heavy atom. The van der Waals surface area contributed by atoms with Crippen LogP contribution in [0.15, 0.2) is 83.2 Å². The van der Waals surface area contributed by atoms with Gasteiger partial charge in [0.05, 0.1) is 21.5 Å². The number of nitrogens with zero attached hydrogens (tertiary/aromatic N) is 2. The minimum absolute atomic E-state index is 0.0122. The van der Waals surface area contributed by atoms with Crippen molar-refractivity contribution < 1.29 is 39.3 Å². The standard InChI is InChI=1S/C30H35N3O9/c1-19-26(28(35)36)30(3,27(29(37)38)20(2)32(19)4)24-16-21(33(39)40)12-13-25(24)41-15-9-8-14-31-17-22(34)18-42-23-10-6-5-7-11-23/h5-13,16,22,31,34H,14-15,17-18H2,1-4H3,(H,35,36)(H,37,38)/b9-8-. The molecule has 0 amide bonds. The number of aliphatic hydroxyl groups is 1. The number of hydrogen-bond donors (Lipinski definition) is 4. The van der Waals surface area contributed by atoms with Gasteiger partial charge in [-0.15, -0.1) is 0 Å². The second-order valence-corrected chi connectivity index (χ2v) is 9.87. The molecule has 0 bridgehead atoms. The van der Waals surface area contributed by atoms with Crippen LogP contribution in [0.3, 0.4) is 0 Å². The van der Waals surface area contributed by atoms with Crippen molar-refractivity contribution in [3.8, 4) is 11.5 Å². The summed E-state index contributed by atoms with van der Waals surface area (Å²) in [6.45, 7) is 5.37. The van der Waals surface area contributed by atoms with Crippen LogP contribution in [0.1, 0.15) is 26.3 Å². The van der Waals surface area contributed by atoms with Gasteiger partial charge in [0, 0.05) is 49.2 Å². The topological polar surface area (TPSA) is 172 Å². The molecule has 12 nitrogen and oxygen atoms in total. The molecule has 12 heteroatoms. The summed E-state index contributed by atoms with van der Waals surface area (Å²) < 4.78 is 11.4. The van der Waals surface area contributed by atoms with Gasteiger partial charge in [0.25, 0.3) is 5.69 Å². The molecule has 1 aliphatic heterocycles. The summed E-state index contributed by atoms with van der Waals surface area (Å²) in [4.78, 5) is 37.5. The highest BCUT2D eigenvalue weighted by molar-refractivity contribution is 6.00. The maximum absolute atomic E-state index is 12.5. The summed E-state index contributed by atoms with van der Waals surface area (Å²) in [6, 6.07) is 12.9. The summed E-state index contributed by atoms with van der Waals surface area (Å²) in [5, 5.41) is 45.2. The molecule has 3 rings (SSSR count). The van der Waals surface area contributed by atoms with Crippen LogP contribution in [0, 0.1) is 10.1 Å². The lowest BCUT2D eigenvalue weighted by Crippen LogP contribution is -2.43. The predicted octanol–water partition coefficient (Wildman–Crippen LogP) is 3.48. The number of hydrogen-bond acceptors (Lipinski definition) is 9. The summed E-state index contributed by atoms with van der Waals surface area (Å²) in [5.74, 6) is -1.94. The number of nitrogens with one attached hydrogen (secondary N) is 1. The van der Waals surface area contributed by atoms with Gasteiger partial charge in [-0.3, -0.25) is 10.1 Å². The molecular formula is C30H35N3O9. The Kier molecular flexibility index (Phi) is 10.5. The summed E-state index contributed by atoms with van der Waals surface area (Å²) in [5.41, 5.74) is -1.92. The van der Waals surface area contributed by atoms with Gasteiger partial charge in [0.2, 0.25) is 0 Å². The van der Waals surface area contributed by atoms with Gasteiger partial charge in [-0.2, -0.15) is 0 Å². The van der Waals surface area contributed by atoms with E-state index in [4.69, 9.17) is 9.47 Å². The van der Waals surface area contributed by atoms with Crippen LogP contribution in [0.4, 0.5) is 5.69 Å². The number of carboxylic acid groups (broad SMARTS) is 2. The molecular weight excluding hydrogens is 546 g/mol. The van der Waals surface area contributed by atoms with Crippen LogP contribution in [-0.4, -0.2) is 76.5 Å². The van der Waals surface area contributed by atoms with Crippen molar-refractivity contribution in [1.82, 2.24) is 10.2 Å². The highest BCUT2D eigenvalue weighted by atomic mass is 16.6. The van der Waals surface area contributed by atoms with E-state index >= 15 is 0 Å². The van der Waals surface area contributed by atoms with Crippen molar-refractivity contribution in [3.05, 3.63) is 98.9 Å². The SMILES string of the molecule is CC1=C(C(=O)O)C(C)(c2cc([N+](=O)[O-])ccc2OC/C=C\CNCC(O)COc2ccccc2)C(C(=O)O)=C(C)N1C. The van der Waals surface area contributed by atoms with E-state index in [1.807, 2.05) is 18.2 Å². The van der Waals surface area contributed by atoms with E-state index in [2.05, 4.69) is 5.32 Å². The minimum Gasteiger partial charge on any atom is -0.491 e. The molecule has 0 saturated heterocycles. The van der Waals surface area contributed by atoms with Crippen molar-refractivity contribution in [1.29, 1.82) is 0 Å². The smallest absolute Gasteiger partial charge is 0.334 e. The summed E-state index contributed by atoms with van der Waals surface area (Å²) >= 11 is 0. The third kappa shape index (κ3) is 6.96. The van der Waals surface area contributed by atoms with Crippen molar-refractivity contribution >= 4 is 17.6 Å². The molecule has 0 fully saturated rings. The molecule has 1 heterocycles. The van der Waals surface area contributed by atoms with E-state index in [-0.39, 0.29) is 47.9 Å². The number of benzene rings is 2. The van der Waals surface area contributed by atoms with E-state index in [0.717, 1.165) is 6.07 Å². The number of non-ortho nitro benzene ring substituents is 1. The predicted molar refractivity (Wildman–Crippen MR) is 154 cm³/mol. The number of allylic oxidation sites excluding steroid dienone is 2. The lowest BCUT2D eigenvalue weighted by atomic mass is 9.66. The first kappa shape index (κ1) is 31.8. The Morgan fingerprint density at radius 1 is 1.05 bits per heavy atom.